The topological polar surface area (TPSA) is 37.3 Å². The molecule has 60 valence electrons. The van der Waals surface area contributed by atoms with Crippen molar-refractivity contribution in [2.24, 2.45) is 0 Å². The molecule has 0 radical (unpaired) electrons. The lowest BCUT2D eigenvalue weighted by Gasteiger charge is -2.16. The van der Waals surface area contributed by atoms with E-state index in [1.54, 1.807) is 11.8 Å². The summed E-state index contributed by atoms with van der Waals surface area (Å²) in [5.74, 6) is -0.00417. The Morgan fingerprint density at radius 2 is 2.00 bits per heavy atom. The number of carbonyl (C=O) groups is 1. The molecule has 0 amide bonds. The van der Waals surface area contributed by atoms with E-state index in [2.05, 4.69) is 20.8 Å². The van der Waals surface area contributed by atoms with E-state index in [-0.39, 0.29) is 11.2 Å². The summed E-state index contributed by atoms with van der Waals surface area (Å²) in [5, 5.41) is 8.30. The molecule has 0 spiro atoms. The molecule has 2 nitrogen and oxygen atoms in total. The molecule has 0 rings (SSSR count). The lowest BCUT2D eigenvalue weighted by atomic mass is 10.3. The van der Waals surface area contributed by atoms with Gasteiger partial charge in [0.05, 0.1) is 6.42 Å². The molecule has 0 heterocycles. The zero-order valence-electron chi connectivity index (χ0n) is 6.68. The van der Waals surface area contributed by atoms with Gasteiger partial charge in [0.2, 0.25) is 0 Å². The molecule has 0 aromatic rings. The summed E-state index contributed by atoms with van der Waals surface area (Å²) in [7, 11) is 0. The highest BCUT2D eigenvalue weighted by Crippen LogP contribution is 2.23. The summed E-state index contributed by atoms with van der Waals surface area (Å²) in [6.45, 7) is 6.25. The number of thioether (sulfide) groups is 1. The number of aliphatic carboxylic acids is 1. The quantitative estimate of drug-likeness (QED) is 0.689. The van der Waals surface area contributed by atoms with Gasteiger partial charge in [-0.15, -0.1) is 0 Å². The fourth-order valence-corrected chi connectivity index (χ4v) is 1.33. The summed E-state index contributed by atoms with van der Waals surface area (Å²) in [4.78, 5) is 10.1. The summed E-state index contributed by atoms with van der Waals surface area (Å²) in [6.07, 6.45) is 0.266. The van der Waals surface area contributed by atoms with E-state index >= 15 is 0 Å². The van der Waals surface area contributed by atoms with E-state index in [0.29, 0.717) is 5.75 Å². The summed E-state index contributed by atoms with van der Waals surface area (Å²) < 4.78 is 0.190. The van der Waals surface area contributed by atoms with Gasteiger partial charge in [-0.1, -0.05) is 20.8 Å². The first kappa shape index (κ1) is 9.82. The van der Waals surface area contributed by atoms with Crippen LogP contribution in [0.4, 0.5) is 0 Å². The monoisotopic (exact) mass is 162 g/mol. The Morgan fingerprint density at radius 1 is 1.50 bits per heavy atom. The summed E-state index contributed by atoms with van der Waals surface area (Å²) in [6, 6.07) is 0. The van der Waals surface area contributed by atoms with Crippen molar-refractivity contribution in [3.63, 3.8) is 0 Å². The first-order chi connectivity index (χ1) is 4.42. The number of rotatable bonds is 3. The molecule has 0 aliphatic rings. The second-order valence-corrected chi connectivity index (χ2v) is 5.03. The first-order valence-electron chi connectivity index (χ1n) is 3.27. The molecule has 10 heavy (non-hydrogen) atoms. The largest absolute Gasteiger partial charge is 0.481 e. The first-order valence-corrected chi connectivity index (χ1v) is 4.26. The van der Waals surface area contributed by atoms with Crippen LogP contribution in [0.5, 0.6) is 0 Å². The highest BCUT2D eigenvalue weighted by molar-refractivity contribution is 8.00. The van der Waals surface area contributed by atoms with Crippen LogP contribution in [0.1, 0.15) is 27.2 Å². The minimum Gasteiger partial charge on any atom is -0.481 e. The smallest absolute Gasteiger partial charge is 0.304 e. The average Bonchev–Trinajstić information content (AvgIpc) is 1.59. The zero-order chi connectivity index (χ0) is 8.20. The Kier molecular flexibility index (Phi) is 3.79. The Balaban J connectivity index is 3.29. The fraction of sp³-hybridized carbons (Fsp3) is 0.857. The van der Waals surface area contributed by atoms with Crippen molar-refractivity contribution in [3.8, 4) is 0 Å². The molecule has 0 saturated carbocycles. The van der Waals surface area contributed by atoms with E-state index in [0.717, 1.165) is 0 Å². The lowest BCUT2D eigenvalue weighted by molar-refractivity contribution is -0.136. The van der Waals surface area contributed by atoms with Gasteiger partial charge in [0, 0.05) is 10.5 Å². The molecule has 0 bridgehead atoms. The zero-order valence-corrected chi connectivity index (χ0v) is 7.49. The van der Waals surface area contributed by atoms with Crippen LogP contribution in [-0.2, 0) is 4.79 Å². The van der Waals surface area contributed by atoms with Crippen LogP contribution >= 0.6 is 11.8 Å². The van der Waals surface area contributed by atoms with Gasteiger partial charge in [-0.2, -0.15) is 11.8 Å². The van der Waals surface area contributed by atoms with Crippen LogP contribution in [0, 0.1) is 0 Å². The third-order valence-corrected chi connectivity index (χ3v) is 2.13. The van der Waals surface area contributed by atoms with Crippen molar-refractivity contribution in [2.75, 3.05) is 5.75 Å². The van der Waals surface area contributed by atoms with Crippen molar-refractivity contribution >= 4 is 17.7 Å². The highest BCUT2D eigenvalue weighted by atomic mass is 32.2. The van der Waals surface area contributed by atoms with E-state index in [9.17, 15) is 4.79 Å². The van der Waals surface area contributed by atoms with Gasteiger partial charge in [-0.25, -0.2) is 0 Å². The van der Waals surface area contributed by atoms with Gasteiger partial charge in [0.15, 0.2) is 0 Å². The third-order valence-electron chi connectivity index (χ3n) is 0.851. The highest BCUT2D eigenvalue weighted by Gasteiger charge is 2.10. The van der Waals surface area contributed by atoms with Gasteiger partial charge in [0.25, 0.3) is 0 Å². The molecular weight excluding hydrogens is 148 g/mol. The standard InChI is InChI=1S/C7H14O2S/c1-7(2,3)10-5-4-6(8)9/h4-5H2,1-3H3,(H,8,9). The molecule has 3 heteroatoms. The fourth-order valence-electron chi connectivity index (χ4n) is 0.445. The molecule has 0 saturated heterocycles. The van der Waals surface area contributed by atoms with Gasteiger partial charge in [-0.05, 0) is 0 Å². The van der Waals surface area contributed by atoms with Crippen LogP contribution in [0.2, 0.25) is 0 Å². The predicted octanol–water partition coefficient (Wildman–Crippen LogP) is 1.99. The second-order valence-electron chi connectivity index (χ2n) is 3.10. The van der Waals surface area contributed by atoms with Crippen molar-refractivity contribution in [1.82, 2.24) is 0 Å². The van der Waals surface area contributed by atoms with E-state index < -0.39 is 5.97 Å². The molecule has 0 unspecified atom stereocenters. The van der Waals surface area contributed by atoms with Crippen LogP contribution in [0.15, 0.2) is 0 Å². The van der Waals surface area contributed by atoms with E-state index in [1.807, 2.05) is 0 Å². The van der Waals surface area contributed by atoms with Crippen molar-refractivity contribution in [3.05, 3.63) is 0 Å². The molecule has 0 aromatic heterocycles. The summed E-state index contributed by atoms with van der Waals surface area (Å²) in [5.41, 5.74) is 0. The van der Waals surface area contributed by atoms with Crippen LogP contribution in [0.25, 0.3) is 0 Å². The molecular formula is C7H14O2S. The molecule has 0 atom stereocenters. The number of carboxylic acid groups (broad SMARTS) is 1. The molecule has 0 aliphatic carbocycles. The Hall–Kier alpha value is -0.180. The predicted molar refractivity (Wildman–Crippen MR) is 44.5 cm³/mol. The van der Waals surface area contributed by atoms with Gasteiger partial charge >= 0.3 is 5.97 Å². The van der Waals surface area contributed by atoms with E-state index in [4.69, 9.17) is 5.11 Å². The number of hydrogen-bond acceptors (Lipinski definition) is 2. The maximum Gasteiger partial charge on any atom is 0.304 e. The number of carboxylic acids is 1. The van der Waals surface area contributed by atoms with Gasteiger partial charge < -0.3 is 5.11 Å². The maximum atomic E-state index is 10.1. The summed E-state index contributed by atoms with van der Waals surface area (Å²) >= 11 is 1.68. The second kappa shape index (κ2) is 3.86. The third kappa shape index (κ3) is 7.82. The lowest BCUT2D eigenvalue weighted by Crippen LogP contribution is -2.09. The number of hydrogen-bond donors (Lipinski definition) is 1. The van der Waals surface area contributed by atoms with Crippen LogP contribution in [-0.4, -0.2) is 21.6 Å². The van der Waals surface area contributed by atoms with Crippen molar-refractivity contribution in [2.45, 2.75) is 31.9 Å². The van der Waals surface area contributed by atoms with Crippen LogP contribution in [0.3, 0.4) is 0 Å². The van der Waals surface area contributed by atoms with Gasteiger partial charge in [0.1, 0.15) is 0 Å². The molecule has 1 N–H and O–H groups in total. The minimum absolute atomic E-state index is 0.190. The van der Waals surface area contributed by atoms with Crippen molar-refractivity contribution < 1.29 is 9.90 Å². The average molecular weight is 162 g/mol. The normalized spacial score (nSPS) is 11.5. The SMILES string of the molecule is CC(C)(C)SCCC(=O)O. The molecule has 0 fully saturated rings. The maximum absolute atomic E-state index is 10.1. The minimum atomic E-state index is -0.711. The van der Waals surface area contributed by atoms with Crippen molar-refractivity contribution in [1.29, 1.82) is 0 Å². The Morgan fingerprint density at radius 3 is 2.30 bits per heavy atom. The Bertz CT molecular complexity index is 115. The van der Waals surface area contributed by atoms with E-state index in [1.165, 1.54) is 0 Å². The molecule has 0 aromatic carbocycles. The van der Waals surface area contributed by atoms with Gasteiger partial charge in [-0.3, -0.25) is 4.79 Å². The van der Waals surface area contributed by atoms with Crippen LogP contribution < -0.4 is 0 Å². The molecule has 0 aliphatic heterocycles. The Labute approximate surface area is 66.0 Å².